The zero-order chi connectivity index (χ0) is 9.97. The molecule has 0 aromatic carbocycles. The van der Waals surface area contributed by atoms with Crippen LogP contribution in [-0.2, 0) is 9.53 Å². The van der Waals surface area contributed by atoms with E-state index in [2.05, 4.69) is 15.5 Å². The van der Waals surface area contributed by atoms with E-state index in [-0.39, 0.29) is 17.9 Å². The lowest BCUT2D eigenvalue weighted by Crippen LogP contribution is -2.22. The molecule has 1 aromatic heterocycles. The SMILES string of the molecule is CC1CC(C(=O)Nc2cn[nH]c2)CO1. The molecule has 1 aliphatic rings. The van der Waals surface area contributed by atoms with Gasteiger partial charge in [0, 0.05) is 6.20 Å². The van der Waals surface area contributed by atoms with Gasteiger partial charge in [0.1, 0.15) is 0 Å². The number of ether oxygens (including phenoxy) is 1. The summed E-state index contributed by atoms with van der Waals surface area (Å²) < 4.78 is 5.32. The zero-order valence-electron chi connectivity index (χ0n) is 7.99. The summed E-state index contributed by atoms with van der Waals surface area (Å²) in [6, 6.07) is 0. The molecule has 2 N–H and O–H groups in total. The number of nitrogens with one attached hydrogen (secondary N) is 2. The van der Waals surface area contributed by atoms with Crippen molar-refractivity contribution in [3.05, 3.63) is 12.4 Å². The molecule has 0 radical (unpaired) electrons. The summed E-state index contributed by atoms with van der Waals surface area (Å²) in [6.07, 6.45) is 4.22. The van der Waals surface area contributed by atoms with Gasteiger partial charge >= 0.3 is 0 Å². The second-order valence-corrected chi connectivity index (χ2v) is 3.55. The zero-order valence-corrected chi connectivity index (χ0v) is 7.99. The Bertz CT molecular complexity index is 310. The number of H-pyrrole nitrogens is 1. The van der Waals surface area contributed by atoms with E-state index in [1.165, 1.54) is 0 Å². The maximum absolute atomic E-state index is 11.6. The summed E-state index contributed by atoms with van der Waals surface area (Å²) in [5.74, 6) is -0.0179. The fourth-order valence-electron chi connectivity index (χ4n) is 1.56. The van der Waals surface area contributed by atoms with E-state index < -0.39 is 0 Å². The van der Waals surface area contributed by atoms with Gasteiger partial charge in [-0.1, -0.05) is 0 Å². The molecule has 1 saturated heterocycles. The van der Waals surface area contributed by atoms with Crippen LogP contribution < -0.4 is 5.32 Å². The quantitative estimate of drug-likeness (QED) is 0.732. The van der Waals surface area contributed by atoms with Crippen molar-refractivity contribution in [1.82, 2.24) is 10.2 Å². The van der Waals surface area contributed by atoms with E-state index in [9.17, 15) is 4.79 Å². The molecule has 1 aromatic rings. The van der Waals surface area contributed by atoms with Gasteiger partial charge in [0.2, 0.25) is 5.91 Å². The van der Waals surface area contributed by atoms with Gasteiger partial charge in [-0.25, -0.2) is 0 Å². The largest absolute Gasteiger partial charge is 0.378 e. The molecule has 2 heterocycles. The molecule has 5 heteroatoms. The predicted octanol–water partition coefficient (Wildman–Crippen LogP) is 0.773. The summed E-state index contributed by atoms with van der Waals surface area (Å²) in [7, 11) is 0. The van der Waals surface area contributed by atoms with Crippen LogP contribution in [0.15, 0.2) is 12.4 Å². The number of carbonyl (C=O) groups is 1. The topological polar surface area (TPSA) is 67.0 Å². The minimum Gasteiger partial charge on any atom is -0.378 e. The van der Waals surface area contributed by atoms with Crippen LogP contribution in [0.25, 0.3) is 0 Å². The summed E-state index contributed by atoms with van der Waals surface area (Å²) in [4.78, 5) is 11.6. The minimum atomic E-state index is -0.0279. The van der Waals surface area contributed by atoms with Gasteiger partial charge in [0.25, 0.3) is 0 Å². The highest BCUT2D eigenvalue weighted by Gasteiger charge is 2.28. The average molecular weight is 195 g/mol. The Balaban J connectivity index is 1.90. The molecule has 76 valence electrons. The molecule has 0 bridgehead atoms. The third-order valence-corrected chi connectivity index (χ3v) is 2.33. The summed E-state index contributed by atoms with van der Waals surface area (Å²) in [5.41, 5.74) is 0.703. The third-order valence-electron chi connectivity index (χ3n) is 2.33. The van der Waals surface area contributed by atoms with Crippen molar-refractivity contribution in [2.24, 2.45) is 5.92 Å². The molecule has 2 rings (SSSR count). The Morgan fingerprint density at radius 1 is 1.79 bits per heavy atom. The first-order valence-electron chi connectivity index (χ1n) is 4.67. The number of rotatable bonds is 2. The molecule has 1 amide bonds. The van der Waals surface area contributed by atoms with E-state index in [0.717, 1.165) is 6.42 Å². The number of aromatic nitrogens is 2. The first-order chi connectivity index (χ1) is 6.75. The smallest absolute Gasteiger partial charge is 0.229 e. The van der Waals surface area contributed by atoms with E-state index >= 15 is 0 Å². The first kappa shape index (κ1) is 9.21. The van der Waals surface area contributed by atoms with E-state index in [0.29, 0.717) is 12.3 Å². The number of hydrogen-bond acceptors (Lipinski definition) is 3. The molecule has 14 heavy (non-hydrogen) atoms. The molecule has 2 unspecified atom stereocenters. The highest BCUT2D eigenvalue weighted by molar-refractivity contribution is 5.92. The minimum absolute atomic E-state index is 0.00995. The fraction of sp³-hybridized carbons (Fsp3) is 0.556. The number of amides is 1. The Morgan fingerprint density at radius 3 is 3.21 bits per heavy atom. The summed E-state index contributed by atoms with van der Waals surface area (Å²) >= 11 is 0. The van der Waals surface area contributed by atoms with E-state index in [1.807, 2.05) is 6.92 Å². The molecular weight excluding hydrogens is 182 g/mol. The lowest BCUT2D eigenvalue weighted by molar-refractivity contribution is -0.119. The summed E-state index contributed by atoms with van der Waals surface area (Å²) in [6.45, 7) is 2.50. The normalized spacial score (nSPS) is 26.4. The predicted molar refractivity (Wildman–Crippen MR) is 50.7 cm³/mol. The van der Waals surface area contributed by atoms with Crippen LogP contribution in [0, 0.1) is 5.92 Å². The van der Waals surface area contributed by atoms with E-state index in [4.69, 9.17) is 4.74 Å². The Kier molecular flexibility index (Phi) is 2.49. The highest BCUT2D eigenvalue weighted by atomic mass is 16.5. The molecule has 0 saturated carbocycles. The fourth-order valence-corrected chi connectivity index (χ4v) is 1.56. The van der Waals surface area contributed by atoms with Crippen molar-refractivity contribution in [2.75, 3.05) is 11.9 Å². The van der Waals surface area contributed by atoms with Crippen LogP contribution in [0.4, 0.5) is 5.69 Å². The molecular formula is C9H13N3O2. The second-order valence-electron chi connectivity index (χ2n) is 3.55. The Morgan fingerprint density at radius 2 is 2.64 bits per heavy atom. The maximum atomic E-state index is 11.6. The molecule has 1 fully saturated rings. The van der Waals surface area contributed by atoms with Crippen LogP contribution in [0.2, 0.25) is 0 Å². The molecule has 0 spiro atoms. The van der Waals surface area contributed by atoms with E-state index in [1.54, 1.807) is 12.4 Å². The van der Waals surface area contributed by atoms with Crippen molar-refractivity contribution in [2.45, 2.75) is 19.4 Å². The van der Waals surface area contributed by atoms with Crippen molar-refractivity contribution in [1.29, 1.82) is 0 Å². The van der Waals surface area contributed by atoms with Crippen molar-refractivity contribution < 1.29 is 9.53 Å². The number of hydrogen-bond donors (Lipinski definition) is 2. The summed E-state index contributed by atoms with van der Waals surface area (Å²) in [5, 5.41) is 9.16. The number of aromatic amines is 1. The third kappa shape index (κ3) is 1.93. The van der Waals surface area contributed by atoms with Gasteiger partial charge in [-0.15, -0.1) is 0 Å². The monoisotopic (exact) mass is 195 g/mol. The van der Waals surface area contributed by atoms with Crippen molar-refractivity contribution in [3.8, 4) is 0 Å². The maximum Gasteiger partial charge on any atom is 0.229 e. The van der Waals surface area contributed by atoms with Gasteiger partial charge in [-0.05, 0) is 13.3 Å². The number of carbonyl (C=O) groups excluding carboxylic acids is 1. The van der Waals surface area contributed by atoms with Crippen molar-refractivity contribution in [3.63, 3.8) is 0 Å². The van der Waals surface area contributed by atoms with Crippen LogP contribution in [0.5, 0.6) is 0 Å². The van der Waals surface area contributed by atoms with Crippen LogP contribution in [0.1, 0.15) is 13.3 Å². The molecule has 5 nitrogen and oxygen atoms in total. The van der Waals surface area contributed by atoms with Crippen LogP contribution >= 0.6 is 0 Å². The standard InChI is InChI=1S/C9H13N3O2/c1-6-2-7(5-14-6)9(13)12-8-3-10-11-4-8/h3-4,6-7H,2,5H2,1H3,(H,10,11)(H,12,13). The molecule has 2 atom stereocenters. The lowest BCUT2D eigenvalue weighted by atomic mass is 10.1. The number of anilines is 1. The van der Waals surface area contributed by atoms with Crippen LogP contribution in [-0.4, -0.2) is 28.8 Å². The number of nitrogens with zero attached hydrogens (tertiary/aromatic N) is 1. The lowest BCUT2D eigenvalue weighted by Gasteiger charge is -2.06. The molecule has 0 aliphatic carbocycles. The first-order valence-corrected chi connectivity index (χ1v) is 4.67. The van der Waals surface area contributed by atoms with Crippen molar-refractivity contribution >= 4 is 11.6 Å². The van der Waals surface area contributed by atoms with Gasteiger partial charge in [-0.3, -0.25) is 9.89 Å². The van der Waals surface area contributed by atoms with Crippen LogP contribution in [0.3, 0.4) is 0 Å². The Hall–Kier alpha value is -1.36. The molecule has 1 aliphatic heterocycles. The van der Waals surface area contributed by atoms with Gasteiger partial charge in [0.15, 0.2) is 0 Å². The Labute approximate surface area is 81.8 Å². The van der Waals surface area contributed by atoms with Gasteiger partial charge in [-0.2, -0.15) is 5.10 Å². The highest BCUT2D eigenvalue weighted by Crippen LogP contribution is 2.20. The van der Waals surface area contributed by atoms with Gasteiger partial charge in [0.05, 0.1) is 30.5 Å². The average Bonchev–Trinajstić information content (AvgIpc) is 2.75. The second kappa shape index (κ2) is 3.79. The van der Waals surface area contributed by atoms with Gasteiger partial charge < -0.3 is 10.1 Å².